The van der Waals surface area contributed by atoms with Crippen molar-refractivity contribution in [2.24, 2.45) is 5.73 Å². The van der Waals surface area contributed by atoms with Crippen LogP contribution in [0.1, 0.15) is 18.0 Å². The SMILES string of the molecule is CN(C)c1ccc(NC(=O)CC(NC(N)=O)c2cccc(Oc3ccccc3)c2)cc1. The van der Waals surface area contributed by atoms with Crippen molar-refractivity contribution in [1.29, 1.82) is 0 Å². The minimum atomic E-state index is -0.706. The van der Waals surface area contributed by atoms with Crippen LogP contribution in [0.4, 0.5) is 16.2 Å². The fourth-order valence-electron chi connectivity index (χ4n) is 3.08. The molecule has 3 amide bonds. The molecule has 0 heterocycles. The predicted octanol–water partition coefficient (Wildman–Crippen LogP) is 4.28. The molecular weight excluding hydrogens is 392 g/mol. The zero-order chi connectivity index (χ0) is 22.2. The number of urea groups is 1. The van der Waals surface area contributed by atoms with Crippen molar-refractivity contribution in [1.82, 2.24) is 5.32 Å². The van der Waals surface area contributed by atoms with Gasteiger partial charge in [-0.2, -0.15) is 0 Å². The lowest BCUT2D eigenvalue weighted by Gasteiger charge is -2.19. The molecule has 7 nitrogen and oxygen atoms in total. The topological polar surface area (TPSA) is 96.7 Å². The van der Waals surface area contributed by atoms with Crippen LogP contribution in [0.25, 0.3) is 0 Å². The zero-order valence-electron chi connectivity index (χ0n) is 17.5. The van der Waals surface area contributed by atoms with Gasteiger partial charge in [0.15, 0.2) is 0 Å². The maximum absolute atomic E-state index is 12.6. The molecule has 1 atom stereocenters. The number of para-hydroxylation sites is 1. The van der Waals surface area contributed by atoms with E-state index in [1.165, 1.54) is 0 Å². The molecule has 1 unspecified atom stereocenters. The highest BCUT2D eigenvalue weighted by Crippen LogP contribution is 2.26. The number of nitrogens with one attached hydrogen (secondary N) is 2. The van der Waals surface area contributed by atoms with Gasteiger partial charge in [-0.25, -0.2) is 4.79 Å². The summed E-state index contributed by atoms with van der Waals surface area (Å²) in [6.45, 7) is 0. The van der Waals surface area contributed by atoms with Crippen LogP contribution in [-0.2, 0) is 4.79 Å². The molecule has 0 radical (unpaired) electrons. The molecule has 0 fully saturated rings. The molecule has 7 heteroatoms. The largest absolute Gasteiger partial charge is 0.457 e. The van der Waals surface area contributed by atoms with Gasteiger partial charge in [0, 0.05) is 25.5 Å². The molecule has 4 N–H and O–H groups in total. The highest BCUT2D eigenvalue weighted by Gasteiger charge is 2.18. The average Bonchev–Trinajstić information content (AvgIpc) is 2.74. The molecule has 3 aromatic carbocycles. The maximum atomic E-state index is 12.6. The average molecular weight is 418 g/mol. The van der Waals surface area contributed by atoms with Crippen LogP contribution in [0.2, 0.25) is 0 Å². The zero-order valence-corrected chi connectivity index (χ0v) is 17.5. The lowest BCUT2D eigenvalue weighted by Crippen LogP contribution is -2.35. The Bertz CT molecular complexity index is 1020. The van der Waals surface area contributed by atoms with Gasteiger partial charge >= 0.3 is 6.03 Å². The monoisotopic (exact) mass is 418 g/mol. The van der Waals surface area contributed by atoms with Crippen molar-refractivity contribution in [3.63, 3.8) is 0 Å². The first kappa shape index (κ1) is 21.7. The molecule has 160 valence electrons. The van der Waals surface area contributed by atoms with Crippen molar-refractivity contribution in [2.75, 3.05) is 24.3 Å². The summed E-state index contributed by atoms with van der Waals surface area (Å²) in [5.74, 6) is 1.04. The summed E-state index contributed by atoms with van der Waals surface area (Å²) in [6.07, 6.45) is 0.0210. The van der Waals surface area contributed by atoms with Crippen molar-refractivity contribution < 1.29 is 14.3 Å². The van der Waals surface area contributed by atoms with Crippen molar-refractivity contribution in [3.05, 3.63) is 84.4 Å². The van der Waals surface area contributed by atoms with Gasteiger partial charge in [-0.3, -0.25) is 4.79 Å². The van der Waals surface area contributed by atoms with E-state index in [1.54, 1.807) is 12.1 Å². The minimum Gasteiger partial charge on any atom is -0.457 e. The number of carbonyl (C=O) groups is 2. The number of nitrogens with two attached hydrogens (primary N) is 1. The standard InChI is InChI=1S/C24H26N4O3/c1-28(2)19-13-11-18(12-14-19)26-23(29)16-22(27-24(25)30)17-7-6-10-21(15-17)31-20-8-4-3-5-9-20/h3-15,22H,16H2,1-2H3,(H,26,29)(H3,25,27,30). The van der Waals surface area contributed by atoms with Gasteiger partial charge in [0.1, 0.15) is 11.5 Å². The second-order valence-corrected chi connectivity index (χ2v) is 7.24. The normalized spacial score (nSPS) is 11.3. The van der Waals surface area contributed by atoms with Gasteiger partial charge in [-0.05, 0) is 54.1 Å². The van der Waals surface area contributed by atoms with Gasteiger partial charge in [0.2, 0.25) is 5.91 Å². The molecule has 0 aliphatic rings. The number of carbonyl (C=O) groups excluding carboxylic acids is 2. The third-order valence-corrected chi connectivity index (χ3v) is 4.61. The first-order valence-electron chi connectivity index (χ1n) is 9.87. The smallest absolute Gasteiger partial charge is 0.312 e. The quantitative estimate of drug-likeness (QED) is 0.509. The van der Waals surface area contributed by atoms with Crippen LogP contribution in [0, 0.1) is 0 Å². The van der Waals surface area contributed by atoms with E-state index in [-0.39, 0.29) is 12.3 Å². The van der Waals surface area contributed by atoms with Crippen LogP contribution in [0.5, 0.6) is 11.5 Å². The highest BCUT2D eigenvalue weighted by atomic mass is 16.5. The van der Waals surface area contributed by atoms with Crippen LogP contribution < -0.4 is 26.0 Å². The van der Waals surface area contributed by atoms with E-state index >= 15 is 0 Å². The Morgan fingerprint density at radius 1 is 0.935 bits per heavy atom. The lowest BCUT2D eigenvalue weighted by atomic mass is 10.0. The molecule has 0 aromatic heterocycles. The lowest BCUT2D eigenvalue weighted by molar-refractivity contribution is -0.116. The summed E-state index contributed by atoms with van der Waals surface area (Å²) in [7, 11) is 3.90. The summed E-state index contributed by atoms with van der Waals surface area (Å²) >= 11 is 0. The molecule has 0 saturated carbocycles. The van der Waals surface area contributed by atoms with Gasteiger partial charge in [-0.15, -0.1) is 0 Å². The summed E-state index contributed by atoms with van der Waals surface area (Å²) in [5.41, 5.74) is 7.77. The van der Waals surface area contributed by atoms with Gasteiger partial charge in [-0.1, -0.05) is 30.3 Å². The Kier molecular flexibility index (Phi) is 7.11. The van der Waals surface area contributed by atoms with E-state index in [1.807, 2.05) is 85.7 Å². The second kappa shape index (κ2) is 10.2. The van der Waals surface area contributed by atoms with Crippen LogP contribution in [0.15, 0.2) is 78.9 Å². The Hall–Kier alpha value is -4.00. The number of rotatable bonds is 8. The predicted molar refractivity (Wildman–Crippen MR) is 122 cm³/mol. The Labute approximate surface area is 181 Å². The molecular formula is C24H26N4O3. The molecule has 0 saturated heterocycles. The van der Waals surface area contributed by atoms with Crippen molar-refractivity contribution in [3.8, 4) is 11.5 Å². The Morgan fingerprint density at radius 2 is 1.61 bits per heavy atom. The number of benzene rings is 3. The number of nitrogens with zero attached hydrogens (tertiary/aromatic N) is 1. The van der Waals surface area contributed by atoms with E-state index in [4.69, 9.17) is 10.5 Å². The van der Waals surface area contributed by atoms with E-state index < -0.39 is 12.1 Å². The van der Waals surface area contributed by atoms with Crippen molar-refractivity contribution in [2.45, 2.75) is 12.5 Å². The third-order valence-electron chi connectivity index (χ3n) is 4.61. The molecule has 3 aromatic rings. The van der Waals surface area contributed by atoms with Crippen LogP contribution >= 0.6 is 0 Å². The van der Waals surface area contributed by atoms with E-state index in [2.05, 4.69) is 10.6 Å². The molecule has 3 rings (SSSR count). The number of anilines is 2. The Balaban J connectivity index is 1.71. The van der Waals surface area contributed by atoms with Crippen LogP contribution in [0.3, 0.4) is 0 Å². The fourth-order valence-corrected chi connectivity index (χ4v) is 3.08. The minimum absolute atomic E-state index is 0.0210. The van der Waals surface area contributed by atoms with Crippen molar-refractivity contribution >= 4 is 23.3 Å². The van der Waals surface area contributed by atoms with E-state index in [0.717, 1.165) is 5.69 Å². The van der Waals surface area contributed by atoms with E-state index in [9.17, 15) is 9.59 Å². The summed E-state index contributed by atoms with van der Waals surface area (Å²) < 4.78 is 5.86. The molecule has 0 aliphatic carbocycles. The molecule has 0 aliphatic heterocycles. The molecule has 0 spiro atoms. The number of ether oxygens (including phenoxy) is 1. The molecule has 31 heavy (non-hydrogen) atoms. The highest BCUT2D eigenvalue weighted by molar-refractivity contribution is 5.91. The molecule has 0 bridgehead atoms. The second-order valence-electron chi connectivity index (χ2n) is 7.24. The van der Waals surface area contributed by atoms with Gasteiger partial charge in [0.05, 0.1) is 12.5 Å². The number of hydrogen-bond donors (Lipinski definition) is 3. The first-order chi connectivity index (χ1) is 14.9. The summed E-state index contributed by atoms with van der Waals surface area (Å²) in [4.78, 5) is 26.1. The summed E-state index contributed by atoms with van der Waals surface area (Å²) in [6, 6.07) is 22.8. The first-order valence-corrected chi connectivity index (χ1v) is 9.87. The summed E-state index contributed by atoms with van der Waals surface area (Å²) in [5, 5.41) is 5.50. The van der Waals surface area contributed by atoms with Gasteiger partial charge < -0.3 is 26.0 Å². The van der Waals surface area contributed by atoms with Crippen LogP contribution in [-0.4, -0.2) is 26.0 Å². The van der Waals surface area contributed by atoms with E-state index in [0.29, 0.717) is 22.7 Å². The number of hydrogen-bond acceptors (Lipinski definition) is 4. The maximum Gasteiger partial charge on any atom is 0.312 e. The fraction of sp³-hybridized carbons (Fsp3) is 0.167. The van der Waals surface area contributed by atoms with Gasteiger partial charge in [0.25, 0.3) is 0 Å². The Morgan fingerprint density at radius 3 is 2.26 bits per heavy atom. The number of primary amides is 1. The third kappa shape index (κ3) is 6.50. The number of amides is 3.